The number of nitrogens with zero attached hydrogens (tertiary/aromatic N) is 1. The predicted octanol–water partition coefficient (Wildman–Crippen LogP) is 2.71. The van der Waals surface area contributed by atoms with E-state index in [4.69, 9.17) is 11.6 Å². The summed E-state index contributed by atoms with van der Waals surface area (Å²) in [5.41, 5.74) is 0.925. The number of likely N-dealkylation sites (tertiary alicyclic amines) is 1. The van der Waals surface area contributed by atoms with Gasteiger partial charge in [-0.15, -0.1) is 0 Å². The molecule has 5 heteroatoms. The van der Waals surface area contributed by atoms with E-state index in [1.807, 2.05) is 12.1 Å². The highest BCUT2D eigenvalue weighted by Crippen LogP contribution is 2.21. The Morgan fingerprint density at radius 2 is 2.37 bits per heavy atom. The third-order valence-corrected chi connectivity index (χ3v) is 4.44. The molecule has 104 valence electrons. The van der Waals surface area contributed by atoms with Crippen molar-refractivity contribution in [1.29, 1.82) is 0 Å². The topological polar surface area (TPSA) is 32.3 Å². The Morgan fingerprint density at radius 3 is 3.05 bits per heavy atom. The second-order valence-electron chi connectivity index (χ2n) is 5.13. The number of hydrogen-bond donors (Lipinski definition) is 1. The van der Waals surface area contributed by atoms with Crippen LogP contribution < -0.4 is 5.32 Å². The normalized spacial score (nSPS) is 19.6. The molecule has 1 N–H and O–H groups in total. The molecule has 0 unspecified atom stereocenters. The van der Waals surface area contributed by atoms with Crippen molar-refractivity contribution in [3.63, 3.8) is 0 Å². The van der Waals surface area contributed by atoms with Crippen LogP contribution in [0, 0.1) is 5.92 Å². The molecule has 0 radical (unpaired) electrons. The number of nitrogens with one attached hydrogen (secondary N) is 1. The van der Waals surface area contributed by atoms with Gasteiger partial charge in [0.2, 0.25) is 5.91 Å². The lowest BCUT2D eigenvalue weighted by molar-refractivity contribution is -0.120. The van der Waals surface area contributed by atoms with E-state index in [1.54, 1.807) is 6.07 Å². The number of carbonyl (C=O) groups excluding carboxylic acids is 1. The molecule has 1 aliphatic rings. The van der Waals surface area contributed by atoms with E-state index in [-0.39, 0.29) is 5.91 Å². The number of hydrogen-bond acceptors (Lipinski definition) is 2. The highest BCUT2D eigenvalue weighted by atomic mass is 79.9. The molecule has 0 aromatic heterocycles. The fourth-order valence-electron chi connectivity index (χ4n) is 2.37. The maximum atomic E-state index is 11.9. The van der Waals surface area contributed by atoms with E-state index >= 15 is 0 Å². The van der Waals surface area contributed by atoms with E-state index in [1.165, 1.54) is 0 Å². The van der Waals surface area contributed by atoms with Crippen molar-refractivity contribution in [2.45, 2.75) is 12.8 Å². The summed E-state index contributed by atoms with van der Waals surface area (Å²) in [6, 6.07) is 5.51. The van der Waals surface area contributed by atoms with Gasteiger partial charge >= 0.3 is 0 Å². The molecule has 19 heavy (non-hydrogen) atoms. The lowest BCUT2D eigenvalue weighted by Crippen LogP contribution is -2.31. The molecular formula is C14H18BrClN2O. The summed E-state index contributed by atoms with van der Waals surface area (Å²) in [6.45, 7) is 2.96. The van der Waals surface area contributed by atoms with Gasteiger partial charge in [-0.05, 0) is 49.7 Å². The average Bonchev–Trinajstić information content (AvgIpc) is 2.77. The van der Waals surface area contributed by atoms with Gasteiger partial charge in [0.1, 0.15) is 0 Å². The molecule has 0 aliphatic carbocycles. The lowest BCUT2D eigenvalue weighted by Gasteiger charge is -2.12. The zero-order valence-electron chi connectivity index (χ0n) is 11.0. The van der Waals surface area contributed by atoms with Gasteiger partial charge in [-0.3, -0.25) is 4.79 Å². The van der Waals surface area contributed by atoms with Crippen molar-refractivity contribution in [3.8, 4) is 0 Å². The summed E-state index contributed by atoms with van der Waals surface area (Å²) in [5, 5.41) is 3.67. The van der Waals surface area contributed by atoms with Crippen molar-refractivity contribution in [2.75, 3.05) is 26.7 Å². The first-order valence-corrected chi connectivity index (χ1v) is 7.61. The highest BCUT2D eigenvalue weighted by molar-refractivity contribution is 9.10. The van der Waals surface area contributed by atoms with Crippen LogP contribution in [0.4, 0.5) is 0 Å². The summed E-state index contributed by atoms with van der Waals surface area (Å²) in [7, 11) is 2.12. The average molecular weight is 346 g/mol. The van der Waals surface area contributed by atoms with Crippen LogP contribution in [0.2, 0.25) is 5.02 Å². The zero-order chi connectivity index (χ0) is 13.8. The van der Waals surface area contributed by atoms with E-state index in [0.717, 1.165) is 36.1 Å². The minimum Gasteiger partial charge on any atom is -0.355 e. The Morgan fingerprint density at radius 1 is 1.58 bits per heavy atom. The molecule has 0 spiro atoms. The molecule has 0 saturated carbocycles. The Balaban J connectivity index is 1.82. The van der Waals surface area contributed by atoms with Crippen molar-refractivity contribution >= 4 is 33.4 Å². The summed E-state index contributed by atoms with van der Waals surface area (Å²) in [4.78, 5) is 14.2. The fraction of sp³-hybridized carbons (Fsp3) is 0.500. The maximum Gasteiger partial charge on any atom is 0.224 e. The van der Waals surface area contributed by atoms with Gasteiger partial charge in [-0.25, -0.2) is 0 Å². The predicted molar refractivity (Wildman–Crippen MR) is 81.5 cm³/mol. The monoisotopic (exact) mass is 344 g/mol. The van der Waals surface area contributed by atoms with Gasteiger partial charge < -0.3 is 10.2 Å². The van der Waals surface area contributed by atoms with Crippen molar-refractivity contribution in [3.05, 3.63) is 33.3 Å². The molecule has 3 nitrogen and oxygen atoms in total. The van der Waals surface area contributed by atoms with E-state index in [9.17, 15) is 4.79 Å². The van der Waals surface area contributed by atoms with Gasteiger partial charge in [0.25, 0.3) is 0 Å². The van der Waals surface area contributed by atoms with Gasteiger partial charge in [-0.2, -0.15) is 0 Å². The van der Waals surface area contributed by atoms with Crippen LogP contribution in [-0.4, -0.2) is 37.5 Å². The standard InChI is InChI=1S/C14H18BrClN2O/c1-18-5-4-10(9-18)8-17-14(19)7-11-6-12(16)2-3-13(11)15/h2-3,6,10H,4-5,7-9H2,1H3,(H,17,19)/t10-/m1/s1. The molecule has 1 aromatic carbocycles. The Hall–Kier alpha value is -0.580. The molecular weight excluding hydrogens is 328 g/mol. The summed E-state index contributed by atoms with van der Waals surface area (Å²) < 4.78 is 0.924. The molecule has 1 aliphatic heterocycles. The highest BCUT2D eigenvalue weighted by Gasteiger charge is 2.19. The van der Waals surface area contributed by atoms with E-state index < -0.39 is 0 Å². The number of rotatable bonds is 4. The smallest absolute Gasteiger partial charge is 0.224 e. The molecule has 1 heterocycles. The third kappa shape index (κ3) is 4.48. The fourth-order valence-corrected chi connectivity index (χ4v) is 2.95. The van der Waals surface area contributed by atoms with Gasteiger partial charge in [0.05, 0.1) is 6.42 Å². The first-order valence-electron chi connectivity index (χ1n) is 6.44. The summed E-state index contributed by atoms with van der Waals surface area (Å²) in [5.74, 6) is 0.634. The molecule has 2 rings (SSSR count). The Bertz CT molecular complexity index is 467. The minimum absolute atomic E-state index is 0.0533. The maximum absolute atomic E-state index is 11.9. The lowest BCUT2D eigenvalue weighted by atomic mass is 10.1. The first kappa shape index (κ1) is 14.8. The number of carbonyl (C=O) groups is 1. The molecule has 1 fully saturated rings. The van der Waals surface area contributed by atoms with Crippen LogP contribution in [-0.2, 0) is 11.2 Å². The van der Waals surface area contributed by atoms with Crippen molar-refractivity contribution in [1.82, 2.24) is 10.2 Å². The Kier molecular flexibility index (Phi) is 5.25. The second-order valence-corrected chi connectivity index (χ2v) is 6.42. The molecule has 1 atom stereocenters. The van der Waals surface area contributed by atoms with E-state index in [0.29, 0.717) is 17.4 Å². The number of halogens is 2. The Labute approximate surface area is 127 Å². The van der Waals surface area contributed by atoms with Crippen LogP contribution in [0.25, 0.3) is 0 Å². The molecule has 1 saturated heterocycles. The summed E-state index contributed by atoms with van der Waals surface area (Å²) >= 11 is 9.38. The molecule has 1 amide bonds. The van der Waals surface area contributed by atoms with Gasteiger partial charge in [0.15, 0.2) is 0 Å². The van der Waals surface area contributed by atoms with Crippen molar-refractivity contribution < 1.29 is 4.79 Å². The van der Waals surface area contributed by atoms with Gasteiger partial charge in [0, 0.05) is 22.6 Å². The minimum atomic E-state index is 0.0533. The molecule has 0 bridgehead atoms. The van der Waals surface area contributed by atoms with Crippen LogP contribution in [0.1, 0.15) is 12.0 Å². The second kappa shape index (κ2) is 6.73. The zero-order valence-corrected chi connectivity index (χ0v) is 13.3. The van der Waals surface area contributed by atoms with E-state index in [2.05, 4.69) is 33.2 Å². The largest absolute Gasteiger partial charge is 0.355 e. The van der Waals surface area contributed by atoms with Crippen LogP contribution in [0.15, 0.2) is 22.7 Å². The first-order chi connectivity index (χ1) is 9.04. The number of amides is 1. The van der Waals surface area contributed by atoms with Crippen LogP contribution in [0.5, 0.6) is 0 Å². The quantitative estimate of drug-likeness (QED) is 0.910. The van der Waals surface area contributed by atoms with Crippen molar-refractivity contribution in [2.24, 2.45) is 5.92 Å². The SMILES string of the molecule is CN1CC[C@H](CNC(=O)Cc2cc(Cl)ccc2Br)C1. The van der Waals surface area contributed by atoms with Gasteiger partial charge in [-0.1, -0.05) is 27.5 Å². The summed E-state index contributed by atoms with van der Waals surface area (Å²) in [6.07, 6.45) is 1.53. The van der Waals surface area contributed by atoms with Crippen LogP contribution >= 0.6 is 27.5 Å². The third-order valence-electron chi connectivity index (χ3n) is 3.44. The number of benzene rings is 1. The van der Waals surface area contributed by atoms with Crippen LogP contribution in [0.3, 0.4) is 0 Å². The molecule has 1 aromatic rings.